The van der Waals surface area contributed by atoms with E-state index in [4.69, 9.17) is 11.6 Å². The number of likely N-dealkylation sites (N-methyl/N-ethyl adjacent to an activating group) is 1. The summed E-state index contributed by atoms with van der Waals surface area (Å²) >= 11 is 6.07. The Hall–Kier alpha value is -2.33. The highest BCUT2D eigenvalue weighted by molar-refractivity contribution is 6.30. The average Bonchev–Trinajstić information content (AvgIpc) is 2.65. The summed E-state index contributed by atoms with van der Waals surface area (Å²) in [6.07, 6.45) is 1.00. The molecule has 0 aliphatic carbocycles. The molecule has 4 nitrogen and oxygen atoms in total. The predicted molar refractivity (Wildman–Crippen MR) is 110 cm³/mol. The smallest absolute Gasteiger partial charge is 0.242 e. The number of nitrogens with zero attached hydrogens (tertiary/aromatic N) is 1. The van der Waals surface area contributed by atoms with Crippen molar-refractivity contribution in [1.29, 1.82) is 0 Å². The molecular formula is C22H27ClN2O2. The summed E-state index contributed by atoms with van der Waals surface area (Å²) < 4.78 is 0. The molecule has 0 saturated heterocycles. The minimum absolute atomic E-state index is 0.0469. The van der Waals surface area contributed by atoms with Crippen molar-refractivity contribution in [2.75, 3.05) is 6.54 Å². The second-order valence-electron chi connectivity index (χ2n) is 6.71. The fraction of sp³-hybridized carbons (Fsp3) is 0.364. The van der Waals surface area contributed by atoms with Crippen LogP contribution in [0, 0.1) is 6.92 Å². The summed E-state index contributed by atoms with van der Waals surface area (Å²) in [6, 6.07) is 15.0. The zero-order valence-electron chi connectivity index (χ0n) is 16.2. The molecule has 2 amide bonds. The molecule has 0 heterocycles. The van der Waals surface area contributed by atoms with Gasteiger partial charge in [0, 0.05) is 24.5 Å². The van der Waals surface area contributed by atoms with Gasteiger partial charge in [0.1, 0.15) is 6.04 Å². The SMILES string of the molecule is CCNC(=O)C(C)N(Cc1cccc(Cl)c1)C(=O)CCc1ccc(C)cc1. The molecule has 0 fully saturated rings. The number of hydrogen-bond donors (Lipinski definition) is 1. The van der Waals surface area contributed by atoms with Gasteiger partial charge in [-0.1, -0.05) is 53.6 Å². The lowest BCUT2D eigenvalue weighted by Gasteiger charge is -2.29. The topological polar surface area (TPSA) is 49.4 Å². The molecule has 1 atom stereocenters. The Morgan fingerprint density at radius 2 is 1.81 bits per heavy atom. The van der Waals surface area contributed by atoms with E-state index in [0.29, 0.717) is 31.0 Å². The summed E-state index contributed by atoms with van der Waals surface area (Å²) in [7, 11) is 0. The highest BCUT2D eigenvalue weighted by atomic mass is 35.5. The molecule has 1 N–H and O–H groups in total. The van der Waals surface area contributed by atoms with Crippen LogP contribution in [0.15, 0.2) is 48.5 Å². The zero-order chi connectivity index (χ0) is 19.8. The van der Waals surface area contributed by atoms with Crippen LogP contribution in [-0.4, -0.2) is 29.3 Å². The third-order valence-corrected chi connectivity index (χ3v) is 4.74. The quantitative estimate of drug-likeness (QED) is 0.741. The maximum atomic E-state index is 12.9. The molecule has 0 radical (unpaired) electrons. The van der Waals surface area contributed by atoms with Gasteiger partial charge in [-0.25, -0.2) is 0 Å². The summed E-state index contributed by atoms with van der Waals surface area (Å²) in [5, 5.41) is 3.41. The fourth-order valence-corrected chi connectivity index (χ4v) is 3.10. The molecule has 5 heteroatoms. The second kappa shape index (κ2) is 10.1. The summed E-state index contributed by atoms with van der Waals surface area (Å²) in [4.78, 5) is 26.9. The van der Waals surface area contributed by atoms with Crippen molar-refractivity contribution in [3.05, 3.63) is 70.2 Å². The third kappa shape index (κ3) is 6.40. The van der Waals surface area contributed by atoms with Gasteiger partial charge in [-0.2, -0.15) is 0 Å². The van der Waals surface area contributed by atoms with Crippen LogP contribution < -0.4 is 5.32 Å². The zero-order valence-corrected chi connectivity index (χ0v) is 16.9. The van der Waals surface area contributed by atoms with Gasteiger partial charge in [-0.15, -0.1) is 0 Å². The summed E-state index contributed by atoms with van der Waals surface area (Å²) in [5.74, 6) is -0.197. The number of halogens is 1. The lowest BCUT2D eigenvalue weighted by molar-refractivity contribution is -0.140. The van der Waals surface area contributed by atoms with E-state index < -0.39 is 6.04 Å². The maximum Gasteiger partial charge on any atom is 0.242 e. The van der Waals surface area contributed by atoms with E-state index >= 15 is 0 Å². The Morgan fingerprint density at radius 3 is 2.44 bits per heavy atom. The first kappa shape index (κ1) is 21.0. The van der Waals surface area contributed by atoms with Crippen molar-refractivity contribution in [3.8, 4) is 0 Å². The Labute approximate surface area is 166 Å². The van der Waals surface area contributed by atoms with E-state index in [1.165, 1.54) is 5.56 Å². The van der Waals surface area contributed by atoms with Crippen molar-refractivity contribution in [1.82, 2.24) is 10.2 Å². The number of benzene rings is 2. The number of nitrogens with one attached hydrogen (secondary N) is 1. The number of aryl methyl sites for hydroxylation is 2. The van der Waals surface area contributed by atoms with E-state index in [2.05, 4.69) is 5.32 Å². The first-order chi connectivity index (χ1) is 12.9. The molecule has 2 rings (SSSR count). The van der Waals surface area contributed by atoms with Gasteiger partial charge in [0.25, 0.3) is 0 Å². The van der Waals surface area contributed by atoms with Crippen molar-refractivity contribution in [2.24, 2.45) is 0 Å². The Morgan fingerprint density at radius 1 is 1.11 bits per heavy atom. The van der Waals surface area contributed by atoms with Crippen LogP contribution in [-0.2, 0) is 22.6 Å². The van der Waals surface area contributed by atoms with Crippen LogP contribution in [0.4, 0.5) is 0 Å². The number of carbonyl (C=O) groups excluding carboxylic acids is 2. The van der Waals surface area contributed by atoms with Gasteiger partial charge >= 0.3 is 0 Å². The average molecular weight is 387 g/mol. The monoisotopic (exact) mass is 386 g/mol. The molecule has 0 aliphatic rings. The predicted octanol–water partition coefficient (Wildman–Crippen LogP) is 4.13. The molecule has 2 aromatic carbocycles. The van der Waals surface area contributed by atoms with Crippen molar-refractivity contribution < 1.29 is 9.59 Å². The molecule has 144 valence electrons. The largest absolute Gasteiger partial charge is 0.355 e. The van der Waals surface area contributed by atoms with Gasteiger partial charge in [0.2, 0.25) is 11.8 Å². The van der Waals surface area contributed by atoms with Gasteiger partial charge in [-0.3, -0.25) is 9.59 Å². The lowest BCUT2D eigenvalue weighted by Crippen LogP contribution is -2.47. The van der Waals surface area contributed by atoms with Crippen LogP contribution in [0.25, 0.3) is 0 Å². The molecule has 0 aliphatic heterocycles. The Bertz CT molecular complexity index is 774. The highest BCUT2D eigenvalue weighted by Crippen LogP contribution is 2.16. The van der Waals surface area contributed by atoms with E-state index in [0.717, 1.165) is 11.1 Å². The van der Waals surface area contributed by atoms with Crippen molar-refractivity contribution >= 4 is 23.4 Å². The Kier molecular flexibility index (Phi) is 7.86. The van der Waals surface area contributed by atoms with Crippen LogP contribution in [0.5, 0.6) is 0 Å². The van der Waals surface area contributed by atoms with Crippen molar-refractivity contribution in [3.63, 3.8) is 0 Å². The standard InChI is InChI=1S/C22H27ClN2O2/c1-4-24-22(27)17(3)25(15-19-6-5-7-20(23)14-19)21(26)13-12-18-10-8-16(2)9-11-18/h5-11,14,17H,4,12-13,15H2,1-3H3,(H,24,27). The number of rotatable bonds is 8. The van der Waals surface area contributed by atoms with Crippen molar-refractivity contribution in [2.45, 2.75) is 46.2 Å². The minimum atomic E-state index is -0.547. The van der Waals surface area contributed by atoms with Gasteiger partial charge in [0.05, 0.1) is 0 Å². The van der Waals surface area contributed by atoms with E-state index in [1.807, 2.05) is 56.3 Å². The third-order valence-electron chi connectivity index (χ3n) is 4.51. The van der Waals surface area contributed by atoms with E-state index in [1.54, 1.807) is 17.9 Å². The normalized spacial score (nSPS) is 11.7. The molecule has 0 spiro atoms. The van der Waals surface area contributed by atoms with Gasteiger partial charge < -0.3 is 10.2 Å². The van der Waals surface area contributed by atoms with Gasteiger partial charge in [0.15, 0.2) is 0 Å². The molecule has 27 heavy (non-hydrogen) atoms. The molecule has 0 saturated carbocycles. The Balaban J connectivity index is 2.12. The maximum absolute atomic E-state index is 12.9. The number of amides is 2. The first-order valence-electron chi connectivity index (χ1n) is 9.28. The number of carbonyl (C=O) groups is 2. The van der Waals surface area contributed by atoms with E-state index in [-0.39, 0.29) is 11.8 Å². The minimum Gasteiger partial charge on any atom is -0.355 e. The molecule has 0 aromatic heterocycles. The summed E-state index contributed by atoms with van der Waals surface area (Å²) in [5.41, 5.74) is 3.21. The van der Waals surface area contributed by atoms with Gasteiger partial charge in [-0.05, 0) is 50.5 Å². The second-order valence-corrected chi connectivity index (χ2v) is 7.14. The molecule has 1 unspecified atom stereocenters. The van der Waals surface area contributed by atoms with Crippen LogP contribution in [0.3, 0.4) is 0 Å². The lowest BCUT2D eigenvalue weighted by atomic mass is 10.1. The van der Waals surface area contributed by atoms with Crippen LogP contribution in [0.1, 0.15) is 37.0 Å². The first-order valence-corrected chi connectivity index (χ1v) is 9.65. The van der Waals surface area contributed by atoms with Crippen LogP contribution >= 0.6 is 11.6 Å². The molecular weight excluding hydrogens is 360 g/mol. The van der Waals surface area contributed by atoms with E-state index in [9.17, 15) is 9.59 Å². The number of hydrogen-bond acceptors (Lipinski definition) is 2. The fourth-order valence-electron chi connectivity index (χ4n) is 2.89. The highest BCUT2D eigenvalue weighted by Gasteiger charge is 2.25. The molecule has 2 aromatic rings. The molecule has 0 bridgehead atoms. The van der Waals surface area contributed by atoms with Crippen LogP contribution in [0.2, 0.25) is 5.02 Å². The summed E-state index contributed by atoms with van der Waals surface area (Å²) in [6.45, 7) is 6.55.